The van der Waals surface area contributed by atoms with E-state index in [0.29, 0.717) is 23.4 Å². The topological polar surface area (TPSA) is 90.9 Å². The second-order valence-corrected chi connectivity index (χ2v) is 9.18. The fraction of sp³-hybridized carbons (Fsp3) is 0.160. The lowest BCUT2D eigenvalue weighted by Crippen LogP contribution is -2.07. The van der Waals surface area contributed by atoms with E-state index >= 15 is 0 Å². The lowest BCUT2D eigenvalue weighted by molar-refractivity contribution is 0.0699. The molecule has 6 nitrogen and oxygen atoms in total. The summed E-state index contributed by atoms with van der Waals surface area (Å²) in [6.45, 7) is 4.64. The molecule has 0 radical (unpaired) electrons. The number of hydrogen-bond donors (Lipinski definition) is 3. The number of aromatic nitrogens is 3. The van der Waals surface area contributed by atoms with Crippen molar-refractivity contribution in [2.24, 2.45) is 0 Å². The van der Waals surface area contributed by atoms with Crippen LogP contribution in [-0.2, 0) is 6.42 Å². The van der Waals surface area contributed by atoms with Crippen LogP contribution in [0.3, 0.4) is 0 Å². The van der Waals surface area contributed by atoms with Gasteiger partial charge in [0.15, 0.2) is 0 Å². The molecule has 2 aromatic carbocycles. The number of carboxylic acids is 1. The summed E-state index contributed by atoms with van der Waals surface area (Å²) in [5.74, 6) is -0.518. The number of anilines is 1. The van der Waals surface area contributed by atoms with Crippen LogP contribution in [0.4, 0.5) is 10.2 Å². The number of aryl methyl sites for hydroxylation is 2. The summed E-state index contributed by atoms with van der Waals surface area (Å²) in [6.07, 6.45) is 2.22. The molecule has 3 aromatic heterocycles. The predicted octanol–water partition coefficient (Wildman–Crippen LogP) is 5.95. The second-order valence-electron chi connectivity index (χ2n) is 7.96. The van der Waals surface area contributed by atoms with Gasteiger partial charge in [-0.15, -0.1) is 11.3 Å². The van der Waals surface area contributed by atoms with Gasteiger partial charge in [0, 0.05) is 33.1 Å². The number of benzene rings is 2. The van der Waals surface area contributed by atoms with Crippen molar-refractivity contribution in [3.63, 3.8) is 0 Å². The average Bonchev–Trinajstić information content (AvgIpc) is 3.35. The summed E-state index contributed by atoms with van der Waals surface area (Å²) in [5.41, 5.74) is 4.47. The molecule has 0 aliphatic carbocycles. The molecule has 0 bridgehead atoms. The number of hydrogen-bond acceptors (Lipinski definition) is 5. The Balaban J connectivity index is 1.37. The van der Waals surface area contributed by atoms with Gasteiger partial charge >= 0.3 is 5.97 Å². The van der Waals surface area contributed by atoms with Gasteiger partial charge in [-0.3, -0.25) is 0 Å². The van der Waals surface area contributed by atoms with Crippen molar-refractivity contribution >= 4 is 44.1 Å². The van der Waals surface area contributed by atoms with Gasteiger partial charge in [-0.1, -0.05) is 6.07 Å². The summed E-state index contributed by atoms with van der Waals surface area (Å²) in [6, 6.07) is 11.9. The van der Waals surface area contributed by atoms with Crippen LogP contribution in [0.25, 0.3) is 32.4 Å². The summed E-state index contributed by atoms with van der Waals surface area (Å²) in [4.78, 5) is 24.6. The van der Waals surface area contributed by atoms with E-state index in [4.69, 9.17) is 0 Å². The van der Waals surface area contributed by atoms with Crippen molar-refractivity contribution in [2.75, 3.05) is 11.9 Å². The van der Waals surface area contributed by atoms with E-state index in [2.05, 4.69) is 27.2 Å². The molecule has 3 heterocycles. The number of rotatable bonds is 6. The predicted molar refractivity (Wildman–Crippen MR) is 130 cm³/mol. The first-order chi connectivity index (χ1) is 15.9. The van der Waals surface area contributed by atoms with E-state index in [1.54, 1.807) is 41.7 Å². The first-order valence-corrected chi connectivity index (χ1v) is 11.3. The zero-order chi connectivity index (χ0) is 23.1. The molecule has 0 aliphatic rings. The fourth-order valence-corrected chi connectivity index (χ4v) is 5.35. The molecular weight excluding hydrogens is 439 g/mol. The largest absolute Gasteiger partial charge is 0.478 e. The molecule has 8 heteroatoms. The highest BCUT2D eigenvalue weighted by molar-refractivity contribution is 7.19. The van der Waals surface area contributed by atoms with E-state index in [1.165, 1.54) is 11.2 Å². The number of nitrogens with zero attached hydrogens (tertiary/aromatic N) is 2. The SMILES string of the molecule is Cc1sc2c(C)cc(F)cc2c1CCNc1cc(-c2cc3c(C(=O)O)cccc3[nH]2)ncn1. The van der Waals surface area contributed by atoms with Crippen LogP contribution in [-0.4, -0.2) is 32.6 Å². The molecule has 0 fully saturated rings. The van der Waals surface area contributed by atoms with Crippen LogP contribution in [0.15, 0.2) is 48.8 Å². The van der Waals surface area contributed by atoms with Gasteiger partial charge in [0.25, 0.3) is 0 Å². The number of halogens is 1. The monoisotopic (exact) mass is 460 g/mol. The van der Waals surface area contributed by atoms with Crippen LogP contribution in [0.5, 0.6) is 0 Å². The van der Waals surface area contributed by atoms with Crippen molar-refractivity contribution < 1.29 is 14.3 Å². The normalized spacial score (nSPS) is 11.4. The number of thiophene rings is 1. The van der Waals surface area contributed by atoms with Gasteiger partial charge in [-0.25, -0.2) is 19.2 Å². The van der Waals surface area contributed by atoms with Crippen LogP contribution in [0.1, 0.15) is 26.4 Å². The highest BCUT2D eigenvalue weighted by Crippen LogP contribution is 2.34. The summed E-state index contributed by atoms with van der Waals surface area (Å²) < 4.78 is 15.1. The minimum Gasteiger partial charge on any atom is -0.478 e. The van der Waals surface area contributed by atoms with Gasteiger partial charge in [-0.2, -0.15) is 0 Å². The molecule has 0 saturated carbocycles. The van der Waals surface area contributed by atoms with Gasteiger partial charge in [-0.05, 0) is 67.1 Å². The van der Waals surface area contributed by atoms with Crippen LogP contribution >= 0.6 is 11.3 Å². The zero-order valence-corrected chi connectivity index (χ0v) is 18.9. The summed E-state index contributed by atoms with van der Waals surface area (Å²) >= 11 is 1.70. The van der Waals surface area contributed by atoms with Crippen molar-refractivity contribution in [3.8, 4) is 11.4 Å². The fourth-order valence-electron chi connectivity index (χ4n) is 4.20. The molecule has 5 aromatic rings. The van der Waals surface area contributed by atoms with E-state index < -0.39 is 5.97 Å². The van der Waals surface area contributed by atoms with Crippen molar-refractivity contribution in [1.82, 2.24) is 15.0 Å². The second kappa shape index (κ2) is 8.29. The Hall–Kier alpha value is -3.78. The van der Waals surface area contributed by atoms with E-state index in [-0.39, 0.29) is 11.4 Å². The third-order valence-corrected chi connectivity index (χ3v) is 7.06. The Kier molecular flexibility index (Phi) is 5.30. The Labute approximate surface area is 193 Å². The minimum atomic E-state index is -0.970. The molecule has 33 heavy (non-hydrogen) atoms. The number of H-pyrrole nitrogens is 1. The van der Waals surface area contributed by atoms with Gasteiger partial charge in [0.1, 0.15) is 18.0 Å². The lowest BCUT2D eigenvalue weighted by Gasteiger charge is -2.07. The summed E-state index contributed by atoms with van der Waals surface area (Å²) in [5, 5.41) is 14.4. The third-order valence-electron chi connectivity index (χ3n) is 5.76. The van der Waals surface area contributed by atoms with Crippen molar-refractivity contribution in [1.29, 1.82) is 0 Å². The third kappa shape index (κ3) is 3.93. The van der Waals surface area contributed by atoms with Gasteiger partial charge in [0.05, 0.1) is 17.0 Å². The highest BCUT2D eigenvalue weighted by atomic mass is 32.1. The standard InChI is InChI=1S/C25H21FN4O2S/c1-13-8-15(26)9-19-16(14(2)33-24(13)19)6-7-27-23-11-21(28-12-29-23)22-10-18-17(25(31)32)4-3-5-20(18)30-22/h3-5,8-12,30H,6-7H2,1-2H3,(H,31,32)(H,27,28,29). The minimum absolute atomic E-state index is 0.211. The molecular formula is C25H21FN4O2S. The van der Waals surface area contributed by atoms with Crippen LogP contribution in [0, 0.1) is 19.7 Å². The number of carboxylic acid groups (broad SMARTS) is 1. The molecule has 5 rings (SSSR count). The Bertz CT molecular complexity index is 1520. The Morgan fingerprint density at radius 3 is 2.82 bits per heavy atom. The molecule has 3 N–H and O–H groups in total. The Morgan fingerprint density at radius 2 is 2.00 bits per heavy atom. The van der Waals surface area contributed by atoms with E-state index in [1.807, 2.05) is 19.1 Å². The number of nitrogens with one attached hydrogen (secondary N) is 2. The maximum atomic E-state index is 14.0. The first-order valence-electron chi connectivity index (χ1n) is 10.5. The van der Waals surface area contributed by atoms with Crippen molar-refractivity contribution in [2.45, 2.75) is 20.3 Å². The molecule has 0 amide bonds. The average molecular weight is 461 g/mol. The molecule has 0 saturated heterocycles. The maximum absolute atomic E-state index is 14.0. The van der Waals surface area contributed by atoms with Gasteiger partial charge in [0.2, 0.25) is 0 Å². The van der Waals surface area contributed by atoms with Crippen LogP contribution in [0.2, 0.25) is 0 Å². The summed E-state index contributed by atoms with van der Waals surface area (Å²) in [7, 11) is 0. The van der Waals surface area contributed by atoms with E-state index in [0.717, 1.165) is 38.8 Å². The Morgan fingerprint density at radius 1 is 1.15 bits per heavy atom. The molecule has 166 valence electrons. The lowest BCUT2D eigenvalue weighted by atomic mass is 10.1. The number of aromatic amines is 1. The smallest absolute Gasteiger partial charge is 0.336 e. The maximum Gasteiger partial charge on any atom is 0.336 e. The highest BCUT2D eigenvalue weighted by Gasteiger charge is 2.14. The number of fused-ring (bicyclic) bond motifs is 2. The molecule has 0 atom stereocenters. The number of carbonyl (C=O) groups is 1. The van der Waals surface area contributed by atoms with E-state index in [9.17, 15) is 14.3 Å². The quantitative estimate of drug-likeness (QED) is 0.291. The van der Waals surface area contributed by atoms with Gasteiger partial charge < -0.3 is 15.4 Å². The van der Waals surface area contributed by atoms with Crippen LogP contribution < -0.4 is 5.32 Å². The van der Waals surface area contributed by atoms with Crippen molar-refractivity contribution in [3.05, 3.63) is 76.2 Å². The molecule has 0 unspecified atom stereocenters. The first kappa shape index (κ1) is 21.1. The number of aromatic carboxylic acids is 1. The molecule has 0 aliphatic heterocycles. The zero-order valence-electron chi connectivity index (χ0n) is 18.1. The molecule has 0 spiro atoms.